The highest BCUT2D eigenvalue weighted by atomic mass is 16.5. The fourth-order valence-corrected chi connectivity index (χ4v) is 2.38. The topological polar surface area (TPSA) is 82.1 Å². The highest BCUT2D eigenvalue weighted by molar-refractivity contribution is 5.73. The average molecular weight is 340 g/mol. The third-order valence-corrected chi connectivity index (χ3v) is 3.61. The van der Waals surface area contributed by atoms with Crippen molar-refractivity contribution in [3.63, 3.8) is 0 Å². The lowest BCUT2D eigenvalue weighted by atomic mass is 10.2. The molecule has 2 N–H and O–H groups in total. The van der Waals surface area contributed by atoms with Gasteiger partial charge >= 0.3 is 6.09 Å². The largest absolute Gasteiger partial charge is 0.492 e. The first-order valence-corrected chi connectivity index (χ1v) is 7.86. The van der Waals surface area contributed by atoms with Gasteiger partial charge in [0.2, 0.25) is 0 Å². The van der Waals surface area contributed by atoms with E-state index < -0.39 is 6.09 Å². The zero-order valence-corrected chi connectivity index (χ0v) is 14.2. The van der Waals surface area contributed by atoms with Crippen molar-refractivity contribution < 1.29 is 14.3 Å². The number of imidazole rings is 1. The van der Waals surface area contributed by atoms with Crippen molar-refractivity contribution >= 4 is 11.7 Å². The van der Waals surface area contributed by atoms with Gasteiger partial charge in [-0.05, 0) is 50.5 Å². The highest BCUT2D eigenvalue weighted by Gasteiger charge is 2.10. The van der Waals surface area contributed by atoms with Crippen molar-refractivity contribution in [1.82, 2.24) is 14.3 Å². The number of aromatic nitrogens is 2. The molecule has 0 saturated heterocycles. The Kier molecular flexibility index (Phi) is 4.85. The van der Waals surface area contributed by atoms with Gasteiger partial charge in [-0.15, -0.1) is 0 Å². The van der Waals surface area contributed by atoms with Crippen LogP contribution in [-0.4, -0.2) is 47.6 Å². The number of fused-ring (bicyclic) bond motifs is 1. The zero-order chi connectivity index (χ0) is 17.8. The zero-order valence-electron chi connectivity index (χ0n) is 14.2. The van der Waals surface area contributed by atoms with Gasteiger partial charge in [0, 0.05) is 24.5 Å². The van der Waals surface area contributed by atoms with Crippen LogP contribution in [0.3, 0.4) is 0 Å². The third kappa shape index (κ3) is 4.07. The molecule has 0 radical (unpaired) electrons. The molecule has 1 amide bonds. The van der Waals surface area contributed by atoms with E-state index in [9.17, 15) is 4.79 Å². The molecule has 0 aliphatic carbocycles. The molecule has 0 aliphatic rings. The maximum Gasteiger partial charge on any atom is 0.410 e. The number of benzene rings is 1. The Labute approximate surface area is 145 Å². The van der Waals surface area contributed by atoms with Crippen LogP contribution in [0.5, 0.6) is 11.5 Å². The SMILES string of the molecule is CN(C)CCOc1ccc(-c2cn3cccc(OC(N)=O)c3n2)cc1. The summed E-state index contributed by atoms with van der Waals surface area (Å²) in [5.74, 6) is 1.14. The number of rotatable bonds is 6. The minimum atomic E-state index is -0.864. The lowest BCUT2D eigenvalue weighted by molar-refractivity contribution is 0.211. The first kappa shape index (κ1) is 16.8. The Hall–Kier alpha value is -3.06. The third-order valence-electron chi connectivity index (χ3n) is 3.61. The predicted octanol–water partition coefficient (Wildman–Crippen LogP) is 2.40. The van der Waals surface area contributed by atoms with E-state index in [1.165, 1.54) is 0 Å². The molecule has 7 nitrogen and oxygen atoms in total. The van der Waals surface area contributed by atoms with Crippen molar-refractivity contribution in [3.05, 3.63) is 48.8 Å². The quantitative estimate of drug-likeness (QED) is 0.745. The van der Waals surface area contributed by atoms with Crippen molar-refractivity contribution in [2.24, 2.45) is 5.73 Å². The Bertz CT molecular complexity index is 872. The summed E-state index contributed by atoms with van der Waals surface area (Å²) in [6, 6.07) is 11.1. The van der Waals surface area contributed by atoms with Crippen LogP contribution in [0.15, 0.2) is 48.8 Å². The maximum atomic E-state index is 11.0. The van der Waals surface area contributed by atoms with Gasteiger partial charge in [-0.1, -0.05) is 0 Å². The van der Waals surface area contributed by atoms with Crippen LogP contribution in [0, 0.1) is 0 Å². The standard InChI is InChI=1S/C18H20N4O3/c1-21(2)10-11-24-14-7-5-13(6-8-14)15-12-22-9-3-4-16(17(22)20-15)25-18(19)23/h3-9,12H,10-11H2,1-2H3,(H2,19,23). The van der Waals surface area contributed by atoms with Crippen molar-refractivity contribution in [3.8, 4) is 22.8 Å². The lowest BCUT2D eigenvalue weighted by Crippen LogP contribution is -2.19. The molecule has 2 heterocycles. The van der Waals surface area contributed by atoms with Crippen LogP contribution in [0.1, 0.15) is 0 Å². The molecule has 0 bridgehead atoms. The lowest BCUT2D eigenvalue weighted by Gasteiger charge is -2.11. The fraction of sp³-hybridized carbons (Fsp3) is 0.222. The Morgan fingerprint density at radius 1 is 1.24 bits per heavy atom. The van der Waals surface area contributed by atoms with E-state index in [2.05, 4.69) is 9.88 Å². The molecule has 2 aromatic heterocycles. The normalized spacial score (nSPS) is 11.0. The van der Waals surface area contributed by atoms with Gasteiger partial charge in [0.15, 0.2) is 11.4 Å². The van der Waals surface area contributed by atoms with E-state index >= 15 is 0 Å². The van der Waals surface area contributed by atoms with Crippen LogP contribution in [-0.2, 0) is 0 Å². The molecule has 0 spiro atoms. The van der Waals surface area contributed by atoms with E-state index in [0.717, 1.165) is 23.6 Å². The van der Waals surface area contributed by atoms with Crippen LogP contribution in [0.2, 0.25) is 0 Å². The molecule has 130 valence electrons. The molecular weight excluding hydrogens is 320 g/mol. The molecule has 0 atom stereocenters. The molecule has 0 unspecified atom stereocenters. The number of hydrogen-bond donors (Lipinski definition) is 1. The average Bonchev–Trinajstić information content (AvgIpc) is 3.00. The summed E-state index contributed by atoms with van der Waals surface area (Å²) >= 11 is 0. The fourth-order valence-electron chi connectivity index (χ4n) is 2.38. The van der Waals surface area contributed by atoms with Crippen LogP contribution in [0.25, 0.3) is 16.9 Å². The second-order valence-corrected chi connectivity index (χ2v) is 5.83. The van der Waals surface area contributed by atoms with Crippen LogP contribution in [0.4, 0.5) is 4.79 Å². The minimum Gasteiger partial charge on any atom is -0.492 e. The number of nitrogens with zero attached hydrogens (tertiary/aromatic N) is 3. The van der Waals surface area contributed by atoms with E-state index in [-0.39, 0.29) is 0 Å². The van der Waals surface area contributed by atoms with Crippen LogP contribution >= 0.6 is 0 Å². The number of hydrogen-bond acceptors (Lipinski definition) is 5. The van der Waals surface area contributed by atoms with Crippen molar-refractivity contribution in [2.45, 2.75) is 0 Å². The Morgan fingerprint density at radius 2 is 2.00 bits per heavy atom. The van der Waals surface area contributed by atoms with E-state index in [1.807, 2.05) is 50.8 Å². The number of primary amides is 1. The number of ether oxygens (including phenoxy) is 2. The summed E-state index contributed by atoms with van der Waals surface area (Å²) in [6.45, 7) is 1.49. The molecular formula is C18H20N4O3. The first-order chi connectivity index (χ1) is 12.0. The molecule has 1 aromatic carbocycles. The monoisotopic (exact) mass is 340 g/mol. The predicted molar refractivity (Wildman–Crippen MR) is 94.9 cm³/mol. The Balaban J connectivity index is 1.80. The molecule has 7 heteroatoms. The van der Waals surface area contributed by atoms with Crippen LogP contribution < -0.4 is 15.2 Å². The van der Waals surface area contributed by atoms with Gasteiger partial charge in [0.05, 0.1) is 5.69 Å². The summed E-state index contributed by atoms with van der Waals surface area (Å²) in [6.07, 6.45) is 2.83. The van der Waals surface area contributed by atoms with Crippen molar-refractivity contribution in [2.75, 3.05) is 27.2 Å². The molecule has 3 aromatic rings. The van der Waals surface area contributed by atoms with Gasteiger partial charge in [0.25, 0.3) is 0 Å². The number of carbonyl (C=O) groups excluding carboxylic acids is 1. The van der Waals surface area contributed by atoms with E-state index in [4.69, 9.17) is 15.2 Å². The maximum absolute atomic E-state index is 11.0. The summed E-state index contributed by atoms with van der Waals surface area (Å²) < 4.78 is 12.5. The molecule has 0 aliphatic heterocycles. The smallest absolute Gasteiger partial charge is 0.410 e. The molecule has 25 heavy (non-hydrogen) atoms. The molecule has 0 fully saturated rings. The number of carbonyl (C=O) groups is 1. The summed E-state index contributed by atoms with van der Waals surface area (Å²) in [5.41, 5.74) is 7.33. The molecule has 0 saturated carbocycles. The number of amides is 1. The highest BCUT2D eigenvalue weighted by Crippen LogP contribution is 2.26. The molecule has 3 rings (SSSR count). The number of pyridine rings is 1. The van der Waals surface area contributed by atoms with Crippen molar-refractivity contribution in [1.29, 1.82) is 0 Å². The second kappa shape index (κ2) is 7.23. The van der Waals surface area contributed by atoms with E-state index in [0.29, 0.717) is 18.0 Å². The Morgan fingerprint density at radius 3 is 2.68 bits per heavy atom. The summed E-state index contributed by atoms with van der Waals surface area (Å²) in [5, 5.41) is 0. The van der Waals surface area contributed by atoms with Gasteiger partial charge < -0.3 is 24.5 Å². The summed E-state index contributed by atoms with van der Waals surface area (Å²) in [4.78, 5) is 17.6. The first-order valence-electron chi connectivity index (χ1n) is 7.86. The van der Waals surface area contributed by atoms with Gasteiger partial charge in [0.1, 0.15) is 12.4 Å². The number of nitrogens with two attached hydrogens (primary N) is 1. The van der Waals surface area contributed by atoms with Gasteiger partial charge in [-0.25, -0.2) is 9.78 Å². The minimum absolute atomic E-state index is 0.324. The summed E-state index contributed by atoms with van der Waals surface area (Å²) in [7, 11) is 4.01. The van der Waals surface area contributed by atoms with Gasteiger partial charge in [-0.3, -0.25) is 0 Å². The second-order valence-electron chi connectivity index (χ2n) is 5.83. The van der Waals surface area contributed by atoms with E-state index in [1.54, 1.807) is 16.5 Å². The van der Waals surface area contributed by atoms with Gasteiger partial charge in [-0.2, -0.15) is 0 Å². The number of likely N-dealkylation sites (N-methyl/N-ethyl adjacent to an activating group) is 1.